The Balaban J connectivity index is 1.88. The Kier molecular flexibility index (Phi) is 3.10. The average molecular weight is 262 g/mol. The van der Waals surface area contributed by atoms with E-state index in [-0.39, 0.29) is 0 Å². The molecule has 3 unspecified atom stereocenters. The molecule has 0 amide bonds. The van der Waals surface area contributed by atoms with Gasteiger partial charge in [0.2, 0.25) is 0 Å². The summed E-state index contributed by atoms with van der Waals surface area (Å²) < 4.78 is 0. The second kappa shape index (κ2) is 4.33. The summed E-state index contributed by atoms with van der Waals surface area (Å²) in [5.41, 5.74) is 4.80. The predicted octanol–water partition coefficient (Wildman–Crippen LogP) is 3.78. The van der Waals surface area contributed by atoms with Crippen LogP contribution >= 0.6 is 0 Å². The molecule has 0 aromatic heterocycles. The van der Waals surface area contributed by atoms with Gasteiger partial charge in [-0.15, -0.1) is 6.58 Å². The molecule has 3 N–H and O–H groups in total. The van der Waals surface area contributed by atoms with Crippen molar-refractivity contribution in [2.24, 2.45) is 28.0 Å². The number of nitrogens with two attached hydrogens (primary N) is 1. The van der Waals surface area contributed by atoms with Crippen molar-refractivity contribution in [2.75, 3.05) is 0 Å². The highest BCUT2D eigenvalue weighted by atomic mass is 15.2. The molecule has 4 rings (SSSR count). The zero-order valence-electron chi connectivity index (χ0n) is 12.7. The van der Waals surface area contributed by atoms with Crippen molar-refractivity contribution in [3.05, 3.63) is 12.7 Å². The Bertz CT molecular complexity index is 357. The van der Waals surface area contributed by atoms with E-state index in [2.05, 4.69) is 25.9 Å². The van der Waals surface area contributed by atoms with Gasteiger partial charge >= 0.3 is 0 Å². The minimum absolute atomic E-state index is 0.459. The van der Waals surface area contributed by atoms with E-state index in [1.165, 1.54) is 38.5 Å². The summed E-state index contributed by atoms with van der Waals surface area (Å²) in [5.74, 6) is 6.89. The van der Waals surface area contributed by atoms with Gasteiger partial charge in [0.15, 0.2) is 0 Å². The molecular formula is C17H30N2. The zero-order valence-corrected chi connectivity index (χ0v) is 12.7. The Hall–Kier alpha value is -0.340. The molecule has 4 aliphatic carbocycles. The van der Waals surface area contributed by atoms with Crippen LogP contribution < -0.4 is 11.3 Å². The van der Waals surface area contributed by atoms with Crippen molar-refractivity contribution < 1.29 is 0 Å². The second-order valence-corrected chi connectivity index (χ2v) is 8.58. The van der Waals surface area contributed by atoms with Gasteiger partial charge in [-0.05, 0) is 73.5 Å². The Morgan fingerprint density at radius 3 is 2.32 bits per heavy atom. The highest BCUT2D eigenvalue weighted by molar-refractivity contribution is 5.13. The Morgan fingerprint density at radius 2 is 1.84 bits per heavy atom. The van der Waals surface area contributed by atoms with Crippen molar-refractivity contribution in [2.45, 2.75) is 71.3 Å². The van der Waals surface area contributed by atoms with Crippen molar-refractivity contribution in [1.82, 2.24) is 5.43 Å². The maximum Gasteiger partial charge on any atom is 0.0270 e. The first-order valence-electron chi connectivity index (χ1n) is 8.00. The molecule has 0 heterocycles. The van der Waals surface area contributed by atoms with E-state index in [9.17, 15) is 0 Å². The van der Waals surface area contributed by atoms with E-state index >= 15 is 0 Å². The van der Waals surface area contributed by atoms with Gasteiger partial charge in [-0.25, -0.2) is 0 Å². The van der Waals surface area contributed by atoms with Crippen LogP contribution in [-0.2, 0) is 0 Å². The van der Waals surface area contributed by atoms with Crippen molar-refractivity contribution in [3.63, 3.8) is 0 Å². The molecule has 0 aromatic rings. The summed E-state index contributed by atoms with van der Waals surface area (Å²) in [5, 5.41) is 0. The first-order chi connectivity index (χ1) is 8.93. The SMILES string of the molecule is C=CCCC(NN)C12CC3CC(C)(CC(C)(C3)C1)C2. The van der Waals surface area contributed by atoms with Crippen molar-refractivity contribution in [1.29, 1.82) is 0 Å². The van der Waals surface area contributed by atoms with Gasteiger partial charge in [-0.1, -0.05) is 19.9 Å². The standard InChI is InChI=1S/C17H30N2/c1-4-5-6-14(19-18)17-9-13-7-15(2,11-17)10-16(3,8-13)12-17/h4,13-14,19H,1,5-12,18H2,2-3H3. The summed E-state index contributed by atoms with van der Waals surface area (Å²) in [4.78, 5) is 0. The van der Waals surface area contributed by atoms with Crippen LogP contribution in [-0.4, -0.2) is 6.04 Å². The molecule has 0 radical (unpaired) electrons. The van der Waals surface area contributed by atoms with Crippen LogP contribution in [0.3, 0.4) is 0 Å². The first-order valence-corrected chi connectivity index (χ1v) is 8.00. The lowest BCUT2D eigenvalue weighted by molar-refractivity contribution is -0.158. The molecule has 0 aliphatic heterocycles. The molecule has 108 valence electrons. The number of hydrogen-bond acceptors (Lipinski definition) is 2. The van der Waals surface area contributed by atoms with Gasteiger partial charge in [-0.2, -0.15) is 0 Å². The minimum Gasteiger partial charge on any atom is -0.271 e. The van der Waals surface area contributed by atoms with Crippen LogP contribution in [0, 0.1) is 22.2 Å². The number of allylic oxidation sites excluding steroid dienone is 1. The molecule has 19 heavy (non-hydrogen) atoms. The van der Waals surface area contributed by atoms with E-state index in [1.807, 2.05) is 6.08 Å². The maximum absolute atomic E-state index is 5.94. The molecular weight excluding hydrogens is 232 g/mol. The summed E-state index contributed by atoms with van der Waals surface area (Å²) >= 11 is 0. The lowest BCUT2D eigenvalue weighted by Gasteiger charge is -2.67. The van der Waals surface area contributed by atoms with E-state index < -0.39 is 0 Å². The second-order valence-electron chi connectivity index (χ2n) is 8.58. The van der Waals surface area contributed by atoms with Gasteiger partial charge in [-0.3, -0.25) is 11.3 Å². The molecule has 4 aliphatic rings. The van der Waals surface area contributed by atoms with Crippen LogP contribution in [0.15, 0.2) is 12.7 Å². The smallest absolute Gasteiger partial charge is 0.0270 e. The minimum atomic E-state index is 0.459. The van der Waals surface area contributed by atoms with Crippen LogP contribution in [0.25, 0.3) is 0 Å². The summed E-state index contributed by atoms with van der Waals surface area (Å²) in [6, 6.07) is 0.479. The van der Waals surface area contributed by atoms with Gasteiger partial charge in [0.1, 0.15) is 0 Å². The molecule has 4 fully saturated rings. The third-order valence-electron chi connectivity index (χ3n) is 6.27. The predicted molar refractivity (Wildman–Crippen MR) is 80.4 cm³/mol. The van der Waals surface area contributed by atoms with Gasteiger partial charge in [0.25, 0.3) is 0 Å². The summed E-state index contributed by atoms with van der Waals surface area (Å²) in [6.07, 6.45) is 12.8. The number of nitrogens with one attached hydrogen (secondary N) is 1. The Labute approximate surface area is 118 Å². The lowest BCUT2D eigenvalue weighted by atomic mass is 9.39. The number of hydrazine groups is 1. The highest BCUT2D eigenvalue weighted by Crippen LogP contribution is 2.70. The molecule has 0 spiro atoms. The summed E-state index contributed by atoms with van der Waals surface area (Å²) in [7, 11) is 0. The van der Waals surface area contributed by atoms with Gasteiger partial charge in [0.05, 0.1) is 0 Å². The number of hydrogen-bond donors (Lipinski definition) is 2. The van der Waals surface area contributed by atoms with E-state index in [0.717, 1.165) is 18.8 Å². The first kappa shape index (κ1) is 13.6. The molecule has 0 saturated heterocycles. The van der Waals surface area contributed by atoms with Crippen LogP contribution in [0.1, 0.15) is 65.2 Å². The third kappa shape index (κ3) is 2.17. The maximum atomic E-state index is 5.94. The Morgan fingerprint density at radius 1 is 1.21 bits per heavy atom. The fourth-order valence-electron chi connectivity index (χ4n) is 6.78. The topological polar surface area (TPSA) is 38.0 Å². The molecule has 4 saturated carbocycles. The molecule has 0 aromatic carbocycles. The lowest BCUT2D eigenvalue weighted by Crippen LogP contribution is -2.62. The molecule has 2 nitrogen and oxygen atoms in total. The van der Waals surface area contributed by atoms with E-state index in [4.69, 9.17) is 5.84 Å². The van der Waals surface area contributed by atoms with E-state index in [0.29, 0.717) is 22.3 Å². The average Bonchev–Trinajstić information content (AvgIpc) is 2.24. The fraction of sp³-hybridized carbons (Fsp3) is 0.882. The van der Waals surface area contributed by atoms with Gasteiger partial charge in [0, 0.05) is 6.04 Å². The van der Waals surface area contributed by atoms with Crippen LogP contribution in [0.5, 0.6) is 0 Å². The zero-order chi connectivity index (χ0) is 13.7. The van der Waals surface area contributed by atoms with Crippen molar-refractivity contribution in [3.8, 4) is 0 Å². The molecule has 3 atom stereocenters. The largest absolute Gasteiger partial charge is 0.271 e. The monoisotopic (exact) mass is 262 g/mol. The normalized spacial score (nSPS) is 49.3. The third-order valence-corrected chi connectivity index (χ3v) is 6.27. The van der Waals surface area contributed by atoms with E-state index in [1.54, 1.807) is 0 Å². The number of rotatable bonds is 5. The van der Waals surface area contributed by atoms with Crippen molar-refractivity contribution >= 4 is 0 Å². The van der Waals surface area contributed by atoms with Crippen LogP contribution in [0.4, 0.5) is 0 Å². The highest BCUT2D eigenvalue weighted by Gasteiger charge is 2.61. The summed E-state index contributed by atoms with van der Waals surface area (Å²) in [6.45, 7) is 8.94. The molecule has 4 bridgehead atoms. The molecule has 2 heteroatoms. The van der Waals surface area contributed by atoms with Gasteiger partial charge < -0.3 is 0 Å². The quantitative estimate of drug-likeness (QED) is 0.449. The van der Waals surface area contributed by atoms with Crippen LogP contribution in [0.2, 0.25) is 0 Å². The fourth-order valence-corrected chi connectivity index (χ4v) is 6.78.